The number of nitrogens with one attached hydrogen (secondary N) is 1. The first-order valence-electron chi connectivity index (χ1n) is 6.26. The fourth-order valence-corrected chi connectivity index (χ4v) is 1.89. The Kier molecular flexibility index (Phi) is 5.98. The molecular formula is C14H18ClNO4. The first kappa shape index (κ1) is 16.5. The number of aryl methyl sites for hydroxylation is 2. The molecule has 1 aromatic carbocycles. The quantitative estimate of drug-likeness (QED) is 0.743. The molecular weight excluding hydrogens is 282 g/mol. The number of benzene rings is 1. The molecule has 0 unspecified atom stereocenters. The number of hydrogen-bond acceptors (Lipinski definition) is 3. The van der Waals surface area contributed by atoms with Crippen molar-refractivity contribution in [2.45, 2.75) is 38.8 Å². The minimum absolute atomic E-state index is 0.135. The molecule has 0 aliphatic carbocycles. The Bertz CT molecular complexity index is 502. The summed E-state index contributed by atoms with van der Waals surface area (Å²) in [5.41, 5.74) is 1.86. The summed E-state index contributed by atoms with van der Waals surface area (Å²) in [4.78, 5) is 22.5. The third-order valence-corrected chi connectivity index (χ3v) is 3.35. The van der Waals surface area contributed by atoms with Gasteiger partial charge in [0, 0.05) is 11.4 Å². The fraction of sp³-hybridized carbons (Fsp3) is 0.429. The highest BCUT2D eigenvalue weighted by molar-refractivity contribution is 6.31. The van der Waals surface area contributed by atoms with Crippen molar-refractivity contribution < 1.29 is 19.8 Å². The van der Waals surface area contributed by atoms with E-state index in [0.29, 0.717) is 11.4 Å². The van der Waals surface area contributed by atoms with E-state index >= 15 is 0 Å². The van der Waals surface area contributed by atoms with Crippen molar-refractivity contribution in [2.24, 2.45) is 0 Å². The minimum Gasteiger partial charge on any atom is -0.480 e. The molecule has 0 heterocycles. The van der Waals surface area contributed by atoms with Crippen LogP contribution >= 0.6 is 11.6 Å². The topological polar surface area (TPSA) is 86.6 Å². The van der Waals surface area contributed by atoms with Crippen molar-refractivity contribution in [1.29, 1.82) is 0 Å². The average Bonchev–Trinajstić information content (AvgIpc) is 2.36. The number of carbonyl (C=O) groups excluding carboxylic acids is 1. The molecule has 2 atom stereocenters. The number of aliphatic hydroxyl groups excluding tert-OH is 1. The van der Waals surface area contributed by atoms with E-state index < -0.39 is 24.0 Å². The Morgan fingerprint density at radius 3 is 2.55 bits per heavy atom. The largest absolute Gasteiger partial charge is 0.480 e. The van der Waals surface area contributed by atoms with Gasteiger partial charge in [-0.1, -0.05) is 23.7 Å². The van der Waals surface area contributed by atoms with Gasteiger partial charge in [-0.05, 0) is 37.5 Å². The molecule has 0 radical (unpaired) electrons. The predicted octanol–water partition coefficient (Wildman–Crippen LogP) is 1.53. The Morgan fingerprint density at radius 1 is 1.40 bits per heavy atom. The van der Waals surface area contributed by atoms with Gasteiger partial charge in [0.2, 0.25) is 5.91 Å². The maximum atomic E-state index is 11.7. The van der Waals surface area contributed by atoms with Crippen molar-refractivity contribution in [1.82, 2.24) is 5.32 Å². The number of carboxylic acid groups (broad SMARTS) is 1. The molecule has 5 nitrogen and oxygen atoms in total. The normalized spacial score (nSPS) is 13.6. The van der Waals surface area contributed by atoms with E-state index in [1.165, 1.54) is 6.92 Å². The smallest absolute Gasteiger partial charge is 0.328 e. The highest BCUT2D eigenvalue weighted by Crippen LogP contribution is 2.17. The van der Waals surface area contributed by atoms with Gasteiger partial charge in [-0.2, -0.15) is 0 Å². The van der Waals surface area contributed by atoms with E-state index in [4.69, 9.17) is 16.7 Å². The first-order chi connectivity index (χ1) is 9.31. The van der Waals surface area contributed by atoms with Crippen LogP contribution < -0.4 is 5.32 Å². The molecule has 1 aromatic rings. The molecule has 0 spiro atoms. The summed E-state index contributed by atoms with van der Waals surface area (Å²) in [6.45, 7) is 3.21. The summed E-state index contributed by atoms with van der Waals surface area (Å²) >= 11 is 5.99. The molecule has 0 saturated heterocycles. The van der Waals surface area contributed by atoms with Gasteiger partial charge < -0.3 is 15.5 Å². The van der Waals surface area contributed by atoms with Gasteiger partial charge in [0.05, 0.1) is 6.10 Å². The van der Waals surface area contributed by atoms with Gasteiger partial charge in [0.15, 0.2) is 6.04 Å². The average molecular weight is 300 g/mol. The highest BCUT2D eigenvalue weighted by atomic mass is 35.5. The molecule has 20 heavy (non-hydrogen) atoms. The lowest BCUT2D eigenvalue weighted by Gasteiger charge is -2.17. The minimum atomic E-state index is -1.29. The van der Waals surface area contributed by atoms with E-state index in [-0.39, 0.29) is 6.42 Å². The summed E-state index contributed by atoms with van der Waals surface area (Å²) in [6.07, 6.45) is -0.557. The molecule has 6 heteroatoms. The lowest BCUT2D eigenvalue weighted by molar-refractivity contribution is -0.144. The van der Waals surface area contributed by atoms with Crippen molar-refractivity contribution in [3.63, 3.8) is 0 Å². The molecule has 0 aliphatic rings. The zero-order chi connectivity index (χ0) is 15.3. The van der Waals surface area contributed by atoms with Crippen LogP contribution in [0.3, 0.4) is 0 Å². The molecule has 110 valence electrons. The van der Waals surface area contributed by atoms with Gasteiger partial charge in [-0.3, -0.25) is 4.79 Å². The number of carbonyl (C=O) groups is 2. The maximum absolute atomic E-state index is 11.7. The number of halogens is 1. The molecule has 0 saturated carbocycles. The molecule has 1 amide bonds. The molecule has 1 rings (SSSR count). The Labute approximate surface area is 122 Å². The number of hydrogen-bond donors (Lipinski definition) is 3. The summed E-state index contributed by atoms with van der Waals surface area (Å²) < 4.78 is 0. The van der Waals surface area contributed by atoms with Crippen LogP contribution in [0.15, 0.2) is 18.2 Å². The summed E-state index contributed by atoms with van der Waals surface area (Å²) in [6, 6.07) is 4.24. The molecule has 0 aromatic heterocycles. The van der Waals surface area contributed by atoms with Gasteiger partial charge in [0.1, 0.15) is 0 Å². The standard InChI is InChI=1S/C14H18ClNO4/c1-8-3-4-10(7-11(8)15)5-6-12(18)16-13(9(2)17)14(19)20/h3-4,7,9,13,17H,5-6H2,1-2H3,(H,16,18)(H,19,20)/t9-,13+/m1/s1. The Balaban J connectivity index is 2.54. The number of rotatable bonds is 6. The van der Waals surface area contributed by atoms with Crippen molar-refractivity contribution in [3.8, 4) is 0 Å². The zero-order valence-electron chi connectivity index (χ0n) is 11.4. The zero-order valence-corrected chi connectivity index (χ0v) is 12.1. The van der Waals surface area contributed by atoms with Gasteiger partial charge in [-0.15, -0.1) is 0 Å². The summed E-state index contributed by atoms with van der Waals surface area (Å²) in [7, 11) is 0. The van der Waals surface area contributed by atoms with Crippen molar-refractivity contribution in [3.05, 3.63) is 34.3 Å². The fourth-order valence-electron chi connectivity index (χ4n) is 1.68. The SMILES string of the molecule is Cc1ccc(CCC(=O)N[C@H](C(=O)O)[C@@H](C)O)cc1Cl. The number of aliphatic carboxylic acids is 1. The van der Waals surface area contributed by atoms with Crippen LogP contribution in [-0.2, 0) is 16.0 Å². The second-order valence-corrected chi connectivity index (χ2v) is 5.11. The second kappa shape index (κ2) is 7.26. The third-order valence-electron chi connectivity index (χ3n) is 2.94. The third kappa shape index (κ3) is 4.83. The number of amides is 1. The van der Waals surface area contributed by atoms with Crippen LogP contribution in [0.1, 0.15) is 24.5 Å². The number of carboxylic acids is 1. The maximum Gasteiger partial charge on any atom is 0.328 e. The molecule has 0 aliphatic heterocycles. The van der Waals surface area contributed by atoms with Gasteiger partial charge in [-0.25, -0.2) is 4.79 Å². The van der Waals surface area contributed by atoms with E-state index in [1.807, 2.05) is 19.1 Å². The van der Waals surface area contributed by atoms with Crippen LogP contribution in [0.25, 0.3) is 0 Å². The van der Waals surface area contributed by atoms with Gasteiger partial charge in [0.25, 0.3) is 0 Å². The van der Waals surface area contributed by atoms with Crippen molar-refractivity contribution >= 4 is 23.5 Å². The van der Waals surface area contributed by atoms with Crippen LogP contribution in [0.4, 0.5) is 0 Å². The van der Waals surface area contributed by atoms with Crippen LogP contribution in [0.5, 0.6) is 0 Å². The highest BCUT2D eigenvalue weighted by Gasteiger charge is 2.24. The van der Waals surface area contributed by atoms with E-state index in [2.05, 4.69) is 5.32 Å². The Hall–Kier alpha value is -1.59. The summed E-state index contributed by atoms with van der Waals surface area (Å²) in [5, 5.41) is 21.0. The monoisotopic (exact) mass is 299 g/mol. The van der Waals surface area contributed by atoms with Crippen LogP contribution in [0, 0.1) is 6.92 Å². The van der Waals surface area contributed by atoms with E-state index in [0.717, 1.165) is 11.1 Å². The van der Waals surface area contributed by atoms with Crippen molar-refractivity contribution in [2.75, 3.05) is 0 Å². The van der Waals surface area contributed by atoms with Crippen LogP contribution in [0.2, 0.25) is 5.02 Å². The predicted molar refractivity (Wildman–Crippen MR) is 75.8 cm³/mol. The van der Waals surface area contributed by atoms with Crippen LogP contribution in [-0.4, -0.2) is 34.2 Å². The Morgan fingerprint density at radius 2 is 2.05 bits per heavy atom. The molecule has 0 fully saturated rings. The van der Waals surface area contributed by atoms with E-state index in [9.17, 15) is 14.7 Å². The first-order valence-corrected chi connectivity index (χ1v) is 6.64. The molecule has 0 bridgehead atoms. The second-order valence-electron chi connectivity index (χ2n) is 4.71. The van der Waals surface area contributed by atoms with Gasteiger partial charge >= 0.3 is 5.97 Å². The molecule has 3 N–H and O–H groups in total. The number of aliphatic hydroxyl groups is 1. The van der Waals surface area contributed by atoms with E-state index in [1.54, 1.807) is 6.07 Å². The lowest BCUT2D eigenvalue weighted by Crippen LogP contribution is -2.47. The lowest BCUT2D eigenvalue weighted by atomic mass is 10.1. The summed E-state index contributed by atoms with van der Waals surface area (Å²) in [5.74, 6) is -1.68.